The molecule has 0 bridgehead atoms. The van der Waals surface area contributed by atoms with Gasteiger partial charge in [0, 0.05) is 17.9 Å². The SMILES string of the molecule is C[C@H]1C(=O)Nc2ccc(C(=O)CSc3n[nH]c(=O)n3C[C@@H]3CCCO3)cc21. The van der Waals surface area contributed by atoms with Crippen LogP contribution >= 0.6 is 11.8 Å². The molecular formula is C18H20N4O4S. The van der Waals surface area contributed by atoms with Crippen molar-refractivity contribution in [3.8, 4) is 0 Å². The zero-order valence-corrected chi connectivity index (χ0v) is 15.7. The normalized spacial score (nSPS) is 21.3. The van der Waals surface area contributed by atoms with E-state index >= 15 is 0 Å². The number of amides is 1. The number of hydrogen-bond donors (Lipinski definition) is 2. The predicted octanol–water partition coefficient (Wildman–Crippen LogP) is 1.78. The highest BCUT2D eigenvalue weighted by Gasteiger charge is 2.27. The number of hydrogen-bond acceptors (Lipinski definition) is 6. The van der Waals surface area contributed by atoms with Gasteiger partial charge in [-0.3, -0.25) is 14.2 Å². The number of rotatable bonds is 6. The summed E-state index contributed by atoms with van der Waals surface area (Å²) >= 11 is 1.22. The van der Waals surface area contributed by atoms with Gasteiger partial charge in [0.05, 0.1) is 24.3 Å². The molecule has 2 aliphatic rings. The van der Waals surface area contributed by atoms with E-state index in [4.69, 9.17) is 4.74 Å². The Morgan fingerprint density at radius 1 is 1.41 bits per heavy atom. The van der Waals surface area contributed by atoms with E-state index in [2.05, 4.69) is 15.5 Å². The third kappa shape index (κ3) is 3.57. The van der Waals surface area contributed by atoms with Crippen LogP contribution in [0.1, 0.15) is 41.6 Å². The fraction of sp³-hybridized carbons (Fsp3) is 0.444. The summed E-state index contributed by atoms with van der Waals surface area (Å²) in [5, 5.41) is 9.75. The molecule has 0 radical (unpaired) electrons. The largest absolute Gasteiger partial charge is 0.376 e. The van der Waals surface area contributed by atoms with Gasteiger partial charge in [0.15, 0.2) is 10.9 Å². The molecule has 1 saturated heterocycles. The maximum absolute atomic E-state index is 12.6. The third-order valence-corrected chi connectivity index (χ3v) is 5.93. The van der Waals surface area contributed by atoms with Crippen LogP contribution in [-0.2, 0) is 16.1 Å². The van der Waals surface area contributed by atoms with Gasteiger partial charge in [0.25, 0.3) is 0 Å². The van der Waals surface area contributed by atoms with E-state index in [0.29, 0.717) is 23.9 Å². The van der Waals surface area contributed by atoms with Gasteiger partial charge in [0.1, 0.15) is 0 Å². The molecule has 0 spiro atoms. The minimum absolute atomic E-state index is 0.0126. The minimum atomic E-state index is -0.295. The van der Waals surface area contributed by atoms with Crippen molar-refractivity contribution in [1.82, 2.24) is 14.8 Å². The Kier molecular flexibility index (Phi) is 4.88. The van der Waals surface area contributed by atoms with Crippen LogP contribution < -0.4 is 11.0 Å². The lowest BCUT2D eigenvalue weighted by molar-refractivity contribution is -0.116. The number of ether oxygens (including phenoxy) is 1. The van der Waals surface area contributed by atoms with Crippen LogP contribution in [0.5, 0.6) is 0 Å². The van der Waals surface area contributed by atoms with Crippen LogP contribution in [0.3, 0.4) is 0 Å². The summed E-state index contributed by atoms with van der Waals surface area (Å²) in [4.78, 5) is 36.3. The maximum atomic E-state index is 12.6. The molecule has 2 atom stereocenters. The molecular weight excluding hydrogens is 368 g/mol. The van der Waals surface area contributed by atoms with Crippen molar-refractivity contribution in [1.29, 1.82) is 0 Å². The topological polar surface area (TPSA) is 106 Å². The van der Waals surface area contributed by atoms with Crippen LogP contribution in [0.25, 0.3) is 0 Å². The lowest BCUT2D eigenvalue weighted by Crippen LogP contribution is -2.25. The van der Waals surface area contributed by atoms with E-state index in [1.807, 2.05) is 6.92 Å². The number of carbonyl (C=O) groups excluding carboxylic acids is 2. The smallest absolute Gasteiger partial charge is 0.344 e. The number of nitrogens with one attached hydrogen (secondary N) is 2. The van der Waals surface area contributed by atoms with Crippen molar-refractivity contribution in [3.63, 3.8) is 0 Å². The number of anilines is 1. The Bertz CT molecular complexity index is 945. The molecule has 0 saturated carbocycles. The molecule has 2 aromatic rings. The number of benzene rings is 1. The number of ketones is 1. The Labute approximate surface area is 159 Å². The Morgan fingerprint density at radius 2 is 2.26 bits per heavy atom. The first-order valence-corrected chi connectivity index (χ1v) is 9.89. The van der Waals surface area contributed by atoms with E-state index in [9.17, 15) is 14.4 Å². The molecule has 0 unspecified atom stereocenters. The van der Waals surface area contributed by atoms with E-state index < -0.39 is 0 Å². The van der Waals surface area contributed by atoms with E-state index in [1.165, 1.54) is 16.3 Å². The average molecular weight is 388 g/mol. The maximum Gasteiger partial charge on any atom is 0.344 e. The van der Waals surface area contributed by atoms with Crippen LogP contribution in [-0.4, -0.2) is 44.9 Å². The molecule has 9 heteroatoms. The zero-order chi connectivity index (χ0) is 19.0. The lowest BCUT2D eigenvalue weighted by Gasteiger charge is -2.11. The number of aromatic amines is 1. The van der Waals surface area contributed by atoms with Crippen molar-refractivity contribution in [2.45, 2.75) is 43.5 Å². The summed E-state index contributed by atoms with van der Waals surface area (Å²) < 4.78 is 7.11. The fourth-order valence-corrected chi connectivity index (χ4v) is 4.22. The molecule has 1 aromatic carbocycles. The van der Waals surface area contributed by atoms with Gasteiger partial charge in [0.2, 0.25) is 5.91 Å². The van der Waals surface area contributed by atoms with Crippen LogP contribution in [0.4, 0.5) is 5.69 Å². The van der Waals surface area contributed by atoms with Gasteiger partial charge in [-0.1, -0.05) is 11.8 Å². The molecule has 1 fully saturated rings. The number of Topliss-reactive ketones (excluding diaryl/α,β-unsaturated/α-hetero) is 1. The predicted molar refractivity (Wildman–Crippen MR) is 100 cm³/mol. The lowest BCUT2D eigenvalue weighted by atomic mass is 9.99. The Hall–Kier alpha value is -2.39. The monoisotopic (exact) mass is 388 g/mol. The van der Waals surface area contributed by atoms with Crippen molar-refractivity contribution >= 4 is 29.1 Å². The highest BCUT2D eigenvalue weighted by molar-refractivity contribution is 7.99. The summed E-state index contributed by atoms with van der Waals surface area (Å²) in [5.74, 6) is -0.236. The van der Waals surface area contributed by atoms with Crippen molar-refractivity contribution in [2.24, 2.45) is 0 Å². The van der Waals surface area contributed by atoms with Gasteiger partial charge in [-0.2, -0.15) is 0 Å². The molecule has 2 N–H and O–H groups in total. The zero-order valence-electron chi connectivity index (χ0n) is 14.9. The first kappa shape index (κ1) is 18.0. The summed E-state index contributed by atoms with van der Waals surface area (Å²) in [6.07, 6.45) is 1.92. The fourth-order valence-electron chi connectivity index (χ4n) is 3.37. The van der Waals surface area contributed by atoms with Gasteiger partial charge >= 0.3 is 5.69 Å². The van der Waals surface area contributed by atoms with Gasteiger partial charge in [-0.25, -0.2) is 9.89 Å². The number of fused-ring (bicyclic) bond motifs is 1. The van der Waals surface area contributed by atoms with Gasteiger partial charge < -0.3 is 10.1 Å². The van der Waals surface area contributed by atoms with E-state index in [-0.39, 0.29) is 35.2 Å². The molecule has 4 rings (SSSR count). The van der Waals surface area contributed by atoms with Gasteiger partial charge in [-0.05, 0) is 43.5 Å². The van der Waals surface area contributed by atoms with Crippen LogP contribution in [0.2, 0.25) is 0 Å². The highest BCUT2D eigenvalue weighted by Crippen LogP contribution is 2.33. The molecule has 1 amide bonds. The molecule has 0 aliphatic carbocycles. The van der Waals surface area contributed by atoms with Crippen molar-refractivity contribution in [3.05, 3.63) is 39.8 Å². The number of nitrogens with zero attached hydrogens (tertiary/aromatic N) is 2. The van der Waals surface area contributed by atoms with Crippen molar-refractivity contribution in [2.75, 3.05) is 17.7 Å². The summed E-state index contributed by atoms with van der Waals surface area (Å²) in [5.41, 5.74) is 1.85. The van der Waals surface area contributed by atoms with Crippen molar-refractivity contribution < 1.29 is 14.3 Å². The number of thioether (sulfide) groups is 1. The summed E-state index contributed by atoms with van der Waals surface area (Å²) in [7, 11) is 0. The standard InChI is InChI=1S/C18H20N4O4S/c1-10-13-7-11(4-5-14(13)19-16(10)24)15(23)9-27-18-21-20-17(25)22(18)8-12-3-2-6-26-12/h4-5,7,10,12H,2-3,6,8-9H2,1H3,(H,19,24)(H,20,25)/t10-,12+/m1/s1. The summed E-state index contributed by atoms with van der Waals surface area (Å²) in [6, 6.07) is 5.24. The first-order chi connectivity index (χ1) is 13.0. The van der Waals surface area contributed by atoms with Gasteiger partial charge in [-0.15, -0.1) is 5.10 Å². The van der Waals surface area contributed by atoms with E-state index in [1.54, 1.807) is 18.2 Å². The molecule has 3 heterocycles. The average Bonchev–Trinajstić information content (AvgIpc) is 3.36. The molecule has 142 valence electrons. The number of carbonyl (C=O) groups is 2. The number of aromatic nitrogens is 3. The van der Waals surface area contributed by atoms with E-state index in [0.717, 1.165) is 24.1 Å². The molecule has 8 nitrogen and oxygen atoms in total. The molecule has 2 aliphatic heterocycles. The minimum Gasteiger partial charge on any atom is -0.376 e. The third-order valence-electron chi connectivity index (χ3n) is 4.96. The van der Waals surface area contributed by atoms with Crippen LogP contribution in [0.15, 0.2) is 28.2 Å². The highest BCUT2D eigenvalue weighted by atomic mass is 32.2. The molecule has 1 aromatic heterocycles. The Morgan fingerprint density at radius 3 is 3.04 bits per heavy atom. The summed E-state index contributed by atoms with van der Waals surface area (Å²) in [6.45, 7) is 2.97. The second kappa shape index (κ2) is 7.32. The molecule has 27 heavy (non-hydrogen) atoms. The second-order valence-electron chi connectivity index (χ2n) is 6.78. The number of H-pyrrole nitrogens is 1. The van der Waals surface area contributed by atoms with Crippen LogP contribution in [0, 0.1) is 0 Å². The quantitative estimate of drug-likeness (QED) is 0.577. The Balaban J connectivity index is 1.44. The second-order valence-corrected chi connectivity index (χ2v) is 7.72. The first-order valence-electron chi connectivity index (χ1n) is 8.90.